The third-order valence-corrected chi connectivity index (χ3v) is 4.19. The Morgan fingerprint density at radius 1 is 1.65 bits per heavy atom. The van der Waals surface area contributed by atoms with Gasteiger partial charge in [0.05, 0.1) is 5.69 Å². The standard InChI is InChI=1S/C11H19N5O2S2/c1-12-5-11-15-9(8-20-11)7-19-4-3-14-10(13-2)6-16(17)18/h8,12H,3-7H2,1-2H3,(H,13,14). The van der Waals surface area contributed by atoms with Gasteiger partial charge in [0.25, 0.3) is 6.54 Å². The number of thioether (sulfide) groups is 1. The van der Waals surface area contributed by atoms with Gasteiger partial charge in [0.15, 0.2) is 5.84 Å². The van der Waals surface area contributed by atoms with Crippen molar-refractivity contribution in [3.8, 4) is 0 Å². The fourth-order valence-corrected chi connectivity index (χ4v) is 3.08. The smallest absolute Gasteiger partial charge is 0.259 e. The maximum Gasteiger partial charge on any atom is 0.259 e. The van der Waals surface area contributed by atoms with Gasteiger partial charge in [-0.1, -0.05) is 0 Å². The number of aromatic nitrogens is 1. The molecule has 1 rings (SSSR count). The summed E-state index contributed by atoms with van der Waals surface area (Å²) in [6.45, 7) is 1.22. The molecule has 0 radical (unpaired) electrons. The molecule has 1 aromatic rings. The number of nitro groups is 1. The second-order valence-electron chi connectivity index (χ2n) is 3.90. The van der Waals surface area contributed by atoms with E-state index in [0.717, 1.165) is 28.8 Å². The molecule has 0 aromatic carbocycles. The second kappa shape index (κ2) is 9.67. The summed E-state index contributed by atoms with van der Waals surface area (Å²) in [6.07, 6.45) is 0. The number of thiazole rings is 1. The van der Waals surface area contributed by atoms with Crippen molar-refractivity contribution in [2.45, 2.75) is 12.3 Å². The van der Waals surface area contributed by atoms with E-state index in [4.69, 9.17) is 0 Å². The second-order valence-corrected chi connectivity index (χ2v) is 5.95. The molecule has 0 aliphatic heterocycles. The lowest BCUT2D eigenvalue weighted by molar-refractivity contribution is -0.463. The fourth-order valence-electron chi connectivity index (χ4n) is 1.42. The van der Waals surface area contributed by atoms with E-state index in [1.54, 1.807) is 30.1 Å². The van der Waals surface area contributed by atoms with E-state index in [1.807, 2.05) is 7.05 Å². The number of amidine groups is 1. The molecule has 0 amide bonds. The lowest BCUT2D eigenvalue weighted by Gasteiger charge is -2.05. The number of rotatable bonds is 9. The highest BCUT2D eigenvalue weighted by atomic mass is 32.2. The van der Waals surface area contributed by atoms with Gasteiger partial charge in [-0.25, -0.2) is 4.98 Å². The van der Waals surface area contributed by atoms with Gasteiger partial charge in [0, 0.05) is 41.9 Å². The maximum absolute atomic E-state index is 10.4. The molecule has 1 heterocycles. The average Bonchev–Trinajstić information content (AvgIpc) is 2.84. The largest absolute Gasteiger partial charge is 0.368 e. The first-order valence-electron chi connectivity index (χ1n) is 6.12. The van der Waals surface area contributed by atoms with E-state index in [1.165, 1.54) is 0 Å². The topological polar surface area (TPSA) is 92.5 Å². The van der Waals surface area contributed by atoms with Crippen LogP contribution in [0, 0.1) is 10.1 Å². The predicted molar refractivity (Wildman–Crippen MR) is 84.3 cm³/mol. The minimum atomic E-state index is -0.388. The molecule has 0 fully saturated rings. The number of nitrogens with zero attached hydrogens (tertiary/aromatic N) is 3. The summed E-state index contributed by atoms with van der Waals surface area (Å²) < 4.78 is 0. The molecule has 7 nitrogen and oxygen atoms in total. The van der Waals surface area contributed by atoms with E-state index in [9.17, 15) is 10.1 Å². The highest BCUT2D eigenvalue weighted by Crippen LogP contribution is 2.15. The van der Waals surface area contributed by atoms with Crippen molar-refractivity contribution in [3.05, 3.63) is 26.2 Å². The predicted octanol–water partition coefficient (Wildman–Crippen LogP) is 0.990. The summed E-state index contributed by atoms with van der Waals surface area (Å²) in [5.41, 5.74) is 1.08. The number of hydrogen-bond acceptors (Lipinski definition) is 7. The Bertz CT molecular complexity index is 450. The molecule has 0 bridgehead atoms. The first-order chi connectivity index (χ1) is 9.65. The van der Waals surface area contributed by atoms with Gasteiger partial charge in [-0.3, -0.25) is 15.1 Å². The normalized spacial score (nSPS) is 11.6. The average molecular weight is 317 g/mol. The Labute approximate surface area is 126 Å². The summed E-state index contributed by atoms with van der Waals surface area (Å²) in [6, 6.07) is 0. The van der Waals surface area contributed by atoms with Crippen LogP contribution in [-0.2, 0) is 12.3 Å². The summed E-state index contributed by atoms with van der Waals surface area (Å²) >= 11 is 3.40. The van der Waals surface area contributed by atoms with Crippen molar-refractivity contribution >= 4 is 28.9 Å². The van der Waals surface area contributed by atoms with Gasteiger partial charge < -0.3 is 10.6 Å². The van der Waals surface area contributed by atoms with Crippen LogP contribution in [0.2, 0.25) is 0 Å². The van der Waals surface area contributed by atoms with Crippen LogP contribution in [0.1, 0.15) is 10.7 Å². The van der Waals surface area contributed by atoms with Crippen molar-refractivity contribution in [2.75, 3.05) is 32.9 Å². The van der Waals surface area contributed by atoms with E-state index >= 15 is 0 Å². The van der Waals surface area contributed by atoms with Gasteiger partial charge in [-0.15, -0.1) is 11.3 Å². The number of aliphatic imine (C=N–C) groups is 1. The van der Waals surface area contributed by atoms with Crippen LogP contribution in [0.25, 0.3) is 0 Å². The lowest BCUT2D eigenvalue weighted by atomic mass is 10.5. The Hall–Kier alpha value is -1.19. The Morgan fingerprint density at radius 3 is 3.10 bits per heavy atom. The Kier molecular flexibility index (Phi) is 8.16. The minimum Gasteiger partial charge on any atom is -0.368 e. The van der Waals surface area contributed by atoms with Crippen LogP contribution >= 0.6 is 23.1 Å². The van der Waals surface area contributed by atoms with Crippen molar-refractivity contribution in [1.29, 1.82) is 0 Å². The van der Waals surface area contributed by atoms with Crippen LogP contribution in [0.3, 0.4) is 0 Å². The molecule has 0 aliphatic carbocycles. The van der Waals surface area contributed by atoms with Gasteiger partial charge in [0.1, 0.15) is 5.01 Å². The van der Waals surface area contributed by atoms with Crippen LogP contribution < -0.4 is 10.6 Å². The summed E-state index contributed by atoms with van der Waals surface area (Å²) in [5, 5.41) is 19.6. The Balaban J connectivity index is 2.16. The third kappa shape index (κ3) is 6.83. The molecule has 0 unspecified atom stereocenters. The minimum absolute atomic E-state index is 0.249. The molecule has 0 saturated carbocycles. The third-order valence-electron chi connectivity index (χ3n) is 2.30. The van der Waals surface area contributed by atoms with E-state index < -0.39 is 0 Å². The maximum atomic E-state index is 10.4. The molecule has 20 heavy (non-hydrogen) atoms. The molecular weight excluding hydrogens is 298 g/mol. The highest BCUT2D eigenvalue weighted by Gasteiger charge is 2.05. The van der Waals surface area contributed by atoms with Crippen LogP contribution in [0.15, 0.2) is 10.4 Å². The SMILES string of the molecule is CN=C(C[N+](=O)[O-])NCCSCc1csc(CNC)n1. The lowest BCUT2D eigenvalue weighted by Crippen LogP contribution is -2.31. The van der Waals surface area contributed by atoms with E-state index in [2.05, 4.69) is 26.0 Å². The van der Waals surface area contributed by atoms with Crippen molar-refractivity contribution < 1.29 is 4.92 Å². The molecule has 2 N–H and O–H groups in total. The summed E-state index contributed by atoms with van der Waals surface area (Å²) in [5.74, 6) is 2.13. The van der Waals surface area contributed by atoms with Crippen molar-refractivity contribution in [3.63, 3.8) is 0 Å². The van der Waals surface area contributed by atoms with E-state index in [0.29, 0.717) is 12.4 Å². The molecule has 9 heteroatoms. The van der Waals surface area contributed by atoms with Gasteiger partial charge in [-0.2, -0.15) is 11.8 Å². The van der Waals surface area contributed by atoms with Crippen molar-refractivity contribution in [2.24, 2.45) is 4.99 Å². The van der Waals surface area contributed by atoms with Crippen LogP contribution in [0.5, 0.6) is 0 Å². The summed E-state index contributed by atoms with van der Waals surface area (Å²) in [7, 11) is 3.46. The van der Waals surface area contributed by atoms with Gasteiger partial charge in [0.2, 0.25) is 0 Å². The monoisotopic (exact) mass is 317 g/mol. The first kappa shape index (κ1) is 16.9. The number of hydrogen-bond donors (Lipinski definition) is 2. The van der Waals surface area contributed by atoms with Crippen LogP contribution in [-0.4, -0.2) is 48.7 Å². The zero-order valence-electron chi connectivity index (χ0n) is 11.6. The quantitative estimate of drug-likeness (QED) is 0.232. The molecule has 1 aromatic heterocycles. The zero-order valence-corrected chi connectivity index (χ0v) is 13.2. The van der Waals surface area contributed by atoms with Gasteiger partial charge >= 0.3 is 0 Å². The molecule has 0 aliphatic rings. The van der Waals surface area contributed by atoms with E-state index in [-0.39, 0.29) is 11.5 Å². The molecule has 0 saturated heterocycles. The molecule has 0 spiro atoms. The Morgan fingerprint density at radius 2 is 2.45 bits per heavy atom. The molecule has 112 valence electrons. The first-order valence-corrected chi connectivity index (χ1v) is 8.16. The van der Waals surface area contributed by atoms with Crippen molar-refractivity contribution in [1.82, 2.24) is 15.6 Å². The zero-order chi connectivity index (χ0) is 14.8. The summed E-state index contributed by atoms with van der Waals surface area (Å²) in [4.78, 5) is 18.3. The van der Waals surface area contributed by atoms with Gasteiger partial charge in [-0.05, 0) is 7.05 Å². The number of nitrogens with one attached hydrogen (secondary N) is 2. The molecular formula is C11H19N5O2S2. The fraction of sp³-hybridized carbons (Fsp3) is 0.636. The van der Waals surface area contributed by atoms with Crippen LogP contribution in [0.4, 0.5) is 0 Å². The highest BCUT2D eigenvalue weighted by molar-refractivity contribution is 7.98. The molecule has 0 atom stereocenters.